The van der Waals surface area contributed by atoms with E-state index >= 15 is 0 Å². The van der Waals surface area contributed by atoms with E-state index in [9.17, 15) is 8.42 Å². The fourth-order valence-corrected chi connectivity index (χ4v) is 4.53. The summed E-state index contributed by atoms with van der Waals surface area (Å²) < 4.78 is 27.6. The minimum atomic E-state index is -3.69. The van der Waals surface area contributed by atoms with Crippen LogP contribution in [0.25, 0.3) is 22.0 Å². The number of hydrogen-bond acceptors (Lipinski definition) is 3. The Kier molecular flexibility index (Phi) is 4.11. The number of hydrogen-bond donors (Lipinski definition) is 1. The molecule has 0 atom stereocenters. The third-order valence-corrected chi connectivity index (χ3v) is 6.19. The molecule has 4 aromatic rings. The quantitative estimate of drug-likeness (QED) is 0.597. The summed E-state index contributed by atoms with van der Waals surface area (Å²) in [6, 6.07) is 24.2. The first-order chi connectivity index (χ1) is 12.6. The fraction of sp³-hybridized carbons (Fsp3) is 0.0476. The van der Waals surface area contributed by atoms with Gasteiger partial charge in [0.1, 0.15) is 0 Å². The second-order valence-electron chi connectivity index (χ2n) is 6.07. The van der Waals surface area contributed by atoms with Gasteiger partial charge in [-0.25, -0.2) is 12.4 Å². The molecule has 1 heterocycles. The average molecular weight is 362 g/mol. The fourth-order valence-electron chi connectivity index (χ4n) is 3.14. The maximum atomic E-state index is 13.1. The Bertz CT molecular complexity index is 1160. The summed E-state index contributed by atoms with van der Waals surface area (Å²) in [4.78, 5) is 0.251. The first-order valence-corrected chi connectivity index (χ1v) is 9.75. The van der Waals surface area contributed by atoms with Gasteiger partial charge in [-0.3, -0.25) is 0 Å². The zero-order valence-electron chi connectivity index (χ0n) is 14.0. The number of para-hydroxylation sites is 1. The van der Waals surface area contributed by atoms with E-state index in [1.165, 1.54) is 3.97 Å². The highest BCUT2D eigenvalue weighted by molar-refractivity contribution is 7.90. The Hall–Kier alpha value is -2.89. The van der Waals surface area contributed by atoms with Gasteiger partial charge in [0.25, 0.3) is 10.0 Å². The SMILES string of the molecule is NCc1cn(S(=O)(=O)c2ccc(-c3ccccc3)cc2)c2ccccc12. The van der Waals surface area contributed by atoms with Crippen LogP contribution in [0.3, 0.4) is 0 Å². The summed E-state index contributed by atoms with van der Waals surface area (Å²) in [5, 5.41) is 0.861. The standard InChI is InChI=1S/C21H18N2O2S/c22-14-18-15-23(21-9-5-4-8-20(18)21)26(24,25)19-12-10-17(11-13-19)16-6-2-1-3-7-16/h1-13,15H,14,22H2. The molecule has 2 N–H and O–H groups in total. The van der Waals surface area contributed by atoms with Crippen molar-refractivity contribution in [2.45, 2.75) is 11.4 Å². The molecule has 0 aliphatic rings. The van der Waals surface area contributed by atoms with E-state index < -0.39 is 10.0 Å². The predicted molar refractivity (Wildman–Crippen MR) is 104 cm³/mol. The van der Waals surface area contributed by atoms with Crippen LogP contribution in [0.15, 0.2) is 90.0 Å². The first kappa shape index (κ1) is 16.6. The summed E-state index contributed by atoms with van der Waals surface area (Å²) in [6.07, 6.45) is 1.62. The molecule has 0 unspecified atom stereocenters. The van der Waals surface area contributed by atoms with E-state index in [0.717, 1.165) is 22.1 Å². The lowest BCUT2D eigenvalue weighted by Crippen LogP contribution is -2.11. The molecule has 0 fully saturated rings. The van der Waals surface area contributed by atoms with Crippen LogP contribution in [0, 0.1) is 0 Å². The number of nitrogens with zero attached hydrogens (tertiary/aromatic N) is 1. The lowest BCUT2D eigenvalue weighted by atomic mass is 10.1. The van der Waals surface area contributed by atoms with Crippen molar-refractivity contribution in [3.05, 3.63) is 90.6 Å². The maximum Gasteiger partial charge on any atom is 0.268 e. The second kappa shape index (κ2) is 6.44. The molecule has 0 spiro atoms. The minimum absolute atomic E-state index is 0.251. The topological polar surface area (TPSA) is 65.1 Å². The molecule has 130 valence electrons. The molecule has 1 aromatic heterocycles. The van der Waals surface area contributed by atoms with E-state index in [1.807, 2.05) is 60.7 Å². The summed E-state index contributed by atoms with van der Waals surface area (Å²) in [5.41, 5.74) is 9.26. The highest BCUT2D eigenvalue weighted by Gasteiger charge is 2.20. The number of fused-ring (bicyclic) bond motifs is 1. The Labute approximate surface area is 152 Å². The third kappa shape index (κ3) is 2.71. The maximum absolute atomic E-state index is 13.1. The predicted octanol–water partition coefficient (Wildman–Crippen LogP) is 4.00. The molecule has 0 saturated carbocycles. The Morgan fingerprint density at radius 1 is 0.769 bits per heavy atom. The van der Waals surface area contributed by atoms with Gasteiger partial charge in [-0.15, -0.1) is 0 Å². The normalized spacial score (nSPS) is 11.7. The van der Waals surface area contributed by atoms with Gasteiger partial charge in [-0.05, 0) is 34.9 Å². The van der Waals surface area contributed by atoms with Crippen molar-refractivity contribution >= 4 is 20.9 Å². The molecule has 4 nitrogen and oxygen atoms in total. The van der Waals surface area contributed by atoms with Crippen molar-refractivity contribution in [2.75, 3.05) is 0 Å². The van der Waals surface area contributed by atoms with E-state index in [2.05, 4.69) is 0 Å². The van der Waals surface area contributed by atoms with Crippen LogP contribution in [0.5, 0.6) is 0 Å². The number of nitrogens with two attached hydrogens (primary N) is 1. The molecule has 0 radical (unpaired) electrons. The van der Waals surface area contributed by atoms with Crippen LogP contribution in [0.4, 0.5) is 0 Å². The Balaban J connectivity index is 1.80. The first-order valence-electron chi connectivity index (χ1n) is 8.31. The van der Waals surface area contributed by atoms with E-state index in [4.69, 9.17) is 5.73 Å². The lowest BCUT2D eigenvalue weighted by molar-refractivity contribution is 0.589. The van der Waals surface area contributed by atoms with E-state index in [-0.39, 0.29) is 11.4 Å². The Morgan fingerprint density at radius 3 is 2.08 bits per heavy atom. The van der Waals surface area contributed by atoms with Gasteiger partial charge >= 0.3 is 0 Å². The Morgan fingerprint density at radius 2 is 1.38 bits per heavy atom. The van der Waals surface area contributed by atoms with E-state index in [1.54, 1.807) is 24.4 Å². The van der Waals surface area contributed by atoms with Crippen LogP contribution in [-0.2, 0) is 16.6 Å². The van der Waals surface area contributed by atoms with Crippen molar-refractivity contribution < 1.29 is 8.42 Å². The van der Waals surface area contributed by atoms with Gasteiger partial charge in [-0.2, -0.15) is 0 Å². The molecule has 4 rings (SSSR count). The zero-order chi connectivity index (χ0) is 18.1. The van der Waals surface area contributed by atoms with Crippen LogP contribution < -0.4 is 5.73 Å². The monoisotopic (exact) mass is 362 g/mol. The van der Waals surface area contributed by atoms with Crippen molar-refractivity contribution in [3.63, 3.8) is 0 Å². The van der Waals surface area contributed by atoms with Crippen molar-refractivity contribution in [3.8, 4) is 11.1 Å². The summed E-state index contributed by atoms with van der Waals surface area (Å²) >= 11 is 0. The van der Waals surface area contributed by atoms with Gasteiger partial charge in [-0.1, -0.05) is 60.7 Å². The molecule has 0 aliphatic carbocycles. The number of aromatic nitrogens is 1. The molecule has 26 heavy (non-hydrogen) atoms. The van der Waals surface area contributed by atoms with Crippen molar-refractivity contribution in [1.82, 2.24) is 3.97 Å². The smallest absolute Gasteiger partial charge is 0.268 e. The van der Waals surface area contributed by atoms with Gasteiger partial charge in [0.15, 0.2) is 0 Å². The third-order valence-electron chi connectivity index (χ3n) is 4.50. The molecule has 0 aliphatic heterocycles. The van der Waals surface area contributed by atoms with Crippen LogP contribution >= 0.6 is 0 Å². The number of rotatable bonds is 4. The van der Waals surface area contributed by atoms with E-state index in [0.29, 0.717) is 5.52 Å². The summed E-state index contributed by atoms with van der Waals surface area (Å²) in [5.74, 6) is 0. The second-order valence-corrected chi connectivity index (χ2v) is 7.88. The molecule has 3 aromatic carbocycles. The molecule has 5 heteroatoms. The van der Waals surface area contributed by atoms with Gasteiger partial charge in [0, 0.05) is 18.1 Å². The van der Waals surface area contributed by atoms with Crippen molar-refractivity contribution in [2.24, 2.45) is 5.73 Å². The summed E-state index contributed by atoms with van der Waals surface area (Å²) in [7, 11) is -3.69. The van der Waals surface area contributed by atoms with Gasteiger partial charge in [0.05, 0.1) is 10.4 Å². The van der Waals surface area contributed by atoms with Crippen LogP contribution in [0.1, 0.15) is 5.56 Å². The highest BCUT2D eigenvalue weighted by atomic mass is 32.2. The molecule has 0 amide bonds. The van der Waals surface area contributed by atoms with Crippen LogP contribution in [0.2, 0.25) is 0 Å². The molecule has 0 bridgehead atoms. The zero-order valence-corrected chi connectivity index (χ0v) is 14.9. The largest absolute Gasteiger partial charge is 0.326 e. The highest BCUT2D eigenvalue weighted by Crippen LogP contribution is 2.27. The van der Waals surface area contributed by atoms with Crippen molar-refractivity contribution in [1.29, 1.82) is 0 Å². The average Bonchev–Trinajstić information content (AvgIpc) is 3.08. The van der Waals surface area contributed by atoms with Crippen LogP contribution in [-0.4, -0.2) is 12.4 Å². The number of benzene rings is 3. The summed E-state index contributed by atoms with van der Waals surface area (Å²) in [6.45, 7) is 0.288. The molecular weight excluding hydrogens is 344 g/mol. The lowest BCUT2D eigenvalue weighted by Gasteiger charge is -2.09. The molecule has 0 saturated heterocycles. The minimum Gasteiger partial charge on any atom is -0.326 e. The molecular formula is C21H18N2O2S. The van der Waals surface area contributed by atoms with Gasteiger partial charge in [0.2, 0.25) is 0 Å². The van der Waals surface area contributed by atoms with Gasteiger partial charge < -0.3 is 5.73 Å².